The lowest BCUT2D eigenvalue weighted by Gasteiger charge is -2.14. The highest BCUT2D eigenvalue weighted by atomic mass is 32.2. The smallest absolute Gasteiger partial charge is 0.270 e. The van der Waals surface area contributed by atoms with Crippen LogP contribution in [0.25, 0.3) is 6.08 Å². The summed E-state index contributed by atoms with van der Waals surface area (Å²) in [5, 5.41) is 0. The van der Waals surface area contributed by atoms with E-state index in [1.165, 1.54) is 11.8 Å². The van der Waals surface area contributed by atoms with Crippen molar-refractivity contribution < 1.29 is 14.3 Å². The maximum Gasteiger partial charge on any atom is 0.270 e. The minimum absolute atomic E-state index is 0.126. The van der Waals surface area contributed by atoms with Gasteiger partial charge >= 0.3 is 0 Å². The van der Waals surface area contributed by atoms with Crippen molar-refractivity contribution in [1.29, 1.82) is 0 Å². The van der Waals surface area contributed by atoms with E-state index in [4.69, 9.17) is 21.7 Å². The molecule has 30 heavy (non-hydrogen) atoms. The molecule has 0 aromatic heterocycles. The second-order valence-electron chi connectivity index (χ2n) is 6.40. The summed E-state index contributed by atoms with van der Waals surface area (Å²) in [7, 11) is 0. The topological polar surface area (TPSA) is 38.8 Å². The molecule has 3 aromatic rings. The quantitative estimate of drug-likeness (QED) is 0.277. The molecular formula is C24H19NO3S2. The number of amides is 1. The number of thiocarbonyl (C=S) groups is 1. The van der Waals surface area contributed by atoms with E-state index >= 15 is 0 Å². The first-order valence-corrected chi connectivity index (χ1v) is 10.7. The third-order valence-corrected chi connectivity index (χ3v) is 5.67. The van der Waals surface area contributed by atoms with E-state index in [9.17, 15) is 4.79 Å². The molecule has 0 N–H and O–H groups in total. The van der Waals surface area contributed by atoms with Gasteiger partial charge in [0.25, 0.3) is 5.91 Å². The number of thioether (sulfide) groups is 1. The zero-order valence-corrected chi connectivity index (χ0v) is 17.7. The van der Waals surface area contributed by atoms with Crippen LogP contribution in [0.2, 0.25) is 0 Å². The Hall–Kier alpha value is -3.09. The van der Waals surface area contributed by atoms with E-state index in [0.717, 1.165) is 17.0 Å². The first-order chi connectivity index (χ1) is 14.7. The van der Waals surface area contributed by atoms with Gasteiger partial charge in [0.2, 0.25) is 0 Å². The molecule has 4 rings (SSSR count). The lowest BCUT2D eigenvalue weighted by molar-refractivity contribution is -0.113. The molecule has 0 spiro atoms. The van der Waals surface area contributed by atoms with Crippen LogP contribution in [0.15, 0.2) is 89.8 Å². The van der Waals surface area contributed by atoms with Gasteiger partial charge in [-0.05, 0) is 36.4 Å². The number of rotatable bonds is 7. The number of hydrogen-bond acceptors (Lipinski definition) is 5. The summed E-state index contributed by atoms with van der Waals surface area (Å²) in [6.07, 6.45) is 1.83. The number of carbonyl (C=O) groups excluding carboxylic acids is 1. The van der Waals surface area contributed by atoms with Gasteiger partial charge in [-0.25, -0.2) is 0 Å². The zero-order valence-electron chi connectivity index (χ0n) is 16.1. The van der Waals surface area contributed by atoms with Crippen molar-refractivity contribution in [3.8, 4) is 11.5 Å². The molecule has 0 aliphatic carbocycles. The van der Waals surface area contributed by atoms with Crippen molar-refractivity contribution in [3.63, 3.8) is 0 Å². The Kier molecular flexibility index (Phi) is 6.47. The van der Waals surface area contributed by atoms with Crippen molar-refractivity contribution in [2.24, 2.45) is 0 Å². The highest BCUT2D eigenvalue weighted by Gasteiger charge is 2.33. The molecule has 0 radical (unpaired) electrons. The van der Waals surface area contributed by atoms with Crippen LogP contribution in [0.4, 0.5) is 5.69 Å². The summed E-state index contributed by atoms with van der Waals surface area (Å²) in [6.45, 7) is 0.819. The van der Waals surface area contributed by atoms with Gasteiger partial charge in [-0.1, -0.05) is 78.6 Å². The molecule has 0 unspecified atom stereocenters. The molecule has 1 heterocycles. The van der Waals surface area contributed by atoms with Gasteiger partial charge < -0.3 is 9.47 Å². The monoisotopic (exact) mass is 433 g/mol. The Balaban J connectivity index is 1.45. The molecule has 4 nitrogen and oxygen atoms in total. The van der Waals surface area contributed by atoms with Gasteiger partial charge in [0.15, 0.2) is 4.32 Å². The van der Waals surface area contributed by atoms with Gasteiger partial charge in [0, 0.05) is 5.56 Å². The molecule has 0 saturated carbocycles. The van der Waals surface area contributed by atoms with Crippen molar-refractivity contribution >= 4 is 46.0 Å². The Morgan fingerprint density at radius 2 is 1.47 bits per heavy atom. The Morgan fingerprint density at radius 3 is 2.23 bits per heavy atom. The van der Waals surface area contributed by atoms with Gasteiger partial charge in [0.05, 0.1) is 10.6 Å². The number of benzene rings is 3. The highest BCUT2D eigenvalue weighted by molar-refractivity contribution is 8.27. The second-order valence-corrected chi connectivity index (χ2v) is 8.08. The number of carbonyl (C=O) groups is 1. The number of nitrogens with zero attached hydrogens (tertiary/aromatic N) is 1. The van der Waals surface area contributed by atoms with E-state index < -0.39 is 0 Å². The fourth-order valence-corrected chi connectivity index (χ4v) is 4.26. The van der Waals surface area contributed by atoms with Gasteiger partial charge in [-0.15, -0.1) is 0 Å². The zero-order chi connectivity index (χ0) is 20.8. The third-order valence-electron chi connectivity index (χ3n) is 4.37. The van der Waals surface area contributed by atoms with Crippen LogP contribution in [-0.2, 0) is 4.79 Å². The van der Waals surface area contributed by atoms with Crippen molar-refractivity contribution in [2.45, 2.75) is 0 Å². The van der Waals surface area contributed by atoms with E-state index in [1.54, 1.807) is 4.90 Å². The summed E-state index contributed by atoms with van der Waals surface area (Å²) in [5.74, 6) is 1.37. The van der Waals surface area contributed by atoms with Gasteiger partial charge in [-0.3, -0.25) is 9.69 Å². The lowest BCUT2D eigenvalue weighted by atomic mass is 10.2. The third kappa shape index (κ3) is 4.72. The van der Waals surface area contributed by atoms with Crippen LogP contribution >= 0.6 is 24.0 Å². The fraction of sp³-hybridized carbons (Fsp3) is 0.0833. The van der Waals surface area contributed by atoms with E-state index in [0.29, 0.717) is 28.2 Å². The van der Waals surface area contributed by atoms with Crippen molar-refractivity contribution in [2.75, 3.05) is 18.1 Å². The summed E-state index contributed by atoms with van der Waals surface area (Å²) in [6, 6.07) is 26.7. The van der Waals surface area contributed by atoms with Gasteiger partial charge in [-0.2, -0.15) is 0 Å². The van der Waals surface area contributed by atoms with Crippen LogP contribution in [0, 0.1) is 0 Å². The summed E-state index contributed by atoms with van der Waals surface area (Å²) >= 11 is 6.73. The van der Waals surface area contributed by atoms with Crippen molar-refractivity contribution in [3.05, 3.63) is 95.4 Å². The molecular weight excluding hydrogens is 414 g/mol. The van der Waals surface area contributed by atoms with Crippen LogP contribution in [-0.4, -0.2) is 23.4 Å². The summed E-state index contributed by atoms with van der Waals surface area (Å²) < 4.78 is 12.1. The van der Waals surface area contributed by atoms with Crippen LogP contribution in [0.5, 0.6) is 11.5 Å². The highest BCUT2D eigenvalue weighted by Crippen LogP contribution is 2.37. The molecule has 150 valence electrons. The van der Waals surface area contributed by atoms with Gasteiger partial charge in [0.1, 0.15) is 24.7 Å². The minimum atomic E-state index is -0.126. The van der Waals surface area contributed by atoms with Crippen LogP contribution in [0.3, 0.4) is 0 Å². The standard InChI is InChI=1S/C24H19NO3S2/c26-23-22(30-24(29)25(23)19-10-3-1-4-11-19)17-18-9-7-8-14-21(18)28-16-15-27-20-12-5-2-6-13-20/h1-14,17H,15-16H2/b22-17-. The predicted molar refractivity (Wildman–Crippen MR) is 126 cm³/mol. The molecule has 0 atom stereocenters. The number of para-hydroxylation sites is 3. The normalized spacial score (nSPS) is 14.9. The molecule has 1 fully saturated rings. The first kappa shape index (κ1) is 20.2. The number of hydrogen-bond donors (Lipinski definition) is 0. The van der Waals surface area contributed by atoms with E-state index in [-0.39, 0.29) is 5.91 Å². The number of ether oxygens (including phenoxy) is 2. The van der Waals surface area contributed by atoms with Crippen LogP contribution < -0.4 is 14.4 Å². The molecule has 3 aromatic carbocycles. The van der Waals surface area contributed by atoms with Crippen molar-refractivity contribution in [1.82, 2.24) is 0 Å². The Bertz CT molecular complexity index is 1070. The average molecular weight is 434 g/mol. The maximum absolute atomic E-state index is 12.9. The largest absolute Gasteiger partial charge is 0.490 e. The summed E-state index contributed by atoms with van der Waals surface area (Å²) in [5.41, 5.74) is 1.59. The summed E-state index contributed by atoms with van der Waals surface area (Å²) in [4.78, 5) is 15.1. The maximum atomic E-state index is 12.9. The molecule has 6 heteroatoms. The fourth-order valence-electron chi connectivity index (χ4n) is 2.97. The van der Waals surface area contributed by atoms with E-state index in [1.807, 2.05) is 91.0 Å². The SMILES string of the molecule is O=C1/C(=C/c2ccccc2OCCOc2ccccc2)SC(=S)N1c1ccccc1. The molecule has 1 aliphatic heterocycles. The molecule has 0 bridgehead atoms. The predicted octanol–water partition coefficient (Wildman–Crippen LogP) is 5.55. The Labute approximate surface area is 185 Å². The average Bonchev–Trinajstić information content (AvgIpc) is 3.06. The molecule has 1 aliphatic rings. The van der Waals surface area contributed by atoms with Crippen LogP contribution in [0.1, 0.15) is 5.56 Å². The molecule has 1 saturated heterocycles. The number of anilines is 1. The second kappa shape index (κ2) is 9.61. The lowest BCUT2D eigenvalue weighted by Crippen LogP contribution is -2.27. The van der Waals surface area contributed by atoms with E-state index in [2.05, 4.69) is 0 Å². The molecule has 1 amide bonds. The Morgan fingerprint density at radius 1 is 0.833 bits per heavy atom. The minimum Gasteiger partial charge on any atom is -0.490 e. The first-order valence-electron chi connectivity index (χ1n) is 9.45.